The third-order valence-corrected chi connectivity index (χ3v) is 5.84. The van der Waals surface area contributed by atoms with Crippen LogP contribution in [0.4, 0.5) is 0 Å². The van der Waals surface area contributed by atoms with Gasteiger partial charge in [0.05, 0.1) is 16.5 Å². The van der Waals surface area contributed by atoms with Gasteiger partial charge in [0.1, 0.15) is 0 Å². The lowest BCUT2D eigenvalue weighted by molar-refractivity contribution is 0.587. The lowest BCUT2D eigenvalue weighted by atomic mass is 10.1. The Hall–Kier alpha value is -1.97. The summed E-state index contributed by atoms with van der Waals surface area (Å²) in [5.74, 6) is 0.669. The van der Waals surface area contributed by atoms with Gasteiger partial charge in [-0.15, -0.1) is 11.3 Å². The summed E-state index contributed by atoms with van der Waals surface area (Å²) >= 11 is 1.65. The Bertz CT molecular complexity index is 846. The smallest absolute Gasteiger partial charge is 0.215 e. The molecule has 0 spiro atoms. The standard InChI is InChI=1S/C17H25N5O2S2/c1-13-22-16(11-25-13)7-8-20-17(18-2)21-10-14-5-4-6-15(9-14)12-26(23,24)19-3/h4-6,9,11,19H,7-8,10,12H2,1-3H3,(H2,18,20,21). The number of aliphatic imine (C=N–C) groups is 1. The Balaban J connectivity index is 1.84. The first-order valence-electron chi connectivity index (χ1n) is 8.26. The first kappa shape index (κ1) is 20.3. The van der Waals surface area contributed by atoms with E-state index < -0.39 is 10.0 Å². The van der Waals surface area contributed by atoms with Crippen LogP contribution in [0.2, 0.25) is 0 Å². The van der Waals surface area contributed by atoms with Crippen molar-refractivity contribution < 1.29 is 8.42 Å². The van der Waals surface area contributed by atoms with Crippen molar-refractivity contribution in [1.29, 1.82) is 0 Å². The van der Waals surface area contributed by atoms with E-state index in [0.717, 1.165) is 34.8 Å². The monoisotopic (exact) mass is 395 g/mol. The number of hydrogen-bond donors (Lipinski definition) is 3. The Morgan fingerprint density at radius 3 is 2.69 bits per heavy atom. The summed E-state index contributed by atoms with van der Waals surface area (Å²) < 4.78 is 25.7. The van der Waals surface area contributed by atoms with Crippen molar-refractivity contribution in [2.24, 2.45) is 4.99 Å². The lowest BCUT2D eigenvalue weighted by Gasteiger charge is -2.12. The molecule has 0 aliphatic heterocycles. The molecule has 2 aromatic rings. The lowest BCUT2D eigenvalue weighted by Crippen LogP contribution is -2.37. The van der Waals surface area contributed by atoms with Gasteiger partial charge in [0.25, 0.3) is 0 Å². The second-order valence-corrected chi connectivity index (χ2v) is 8.73. The first-order valence-corrected chi connectivity index (χ1v) is 10.8. The minimum atomic E-state index is -3.27. The number of rotatable bonds is 8. The number of nitrogens with zero attached hydrogens (tertiary/aromatic N) is 2. The highest BCUT2D eigenvalue weighted by atomic mass is 32.2. The van der Waals surface area contributed by atoms with Crippen molar-refractivity contribution in [1.82, 2.24) is 20.3 Å². The fourth-order valence-corrected chi connectivity index (χ4v) is 3.77. The summed E-state index contributed by atoms with van der Waals surface area (Å²) in [7, 11) is -0.133. The summed E-state index contributed by atoms with van der Waals surface area (Å²) in [6, 6.07) is 7.50. The summed E-state index contributed by atoms with van der Waals surface area (Å²) in [6.07, 6.45) is 0.836. The molecule has 3 N–H and O–H groups in total. The Morgan fingerprint density at radius 2 is 2.04 bits per heavy atom. The van der Waals surface area contributed by atoms with Gasteiger partial charge in [-0.3, -0.25) is 4.99 Å². The van der Waals surface area contributed by atoms with Crippen molar-refractivity contribution in [2.45, 2.75) is 25.6 Å². The molecule has 0 aliphatic carbocycles. The zero-order valence-electron chi connectivity index (χ0n) is 15.2. The molecule has 9 heteroatoms. The number of benzene rings is 1. The zero-order chi connectivity index (χ0) is 19.0. The molecule has 0 radical (unpaired) electrons. The molecule has 0 aliphatic rings. The quantitative estimate of drug-likeness (QED) is 0.464. The largest absolute Gasteiger partial charge is 0.356 e. The molecule has 0 atom stereocenters. The van der Waals surface area contributed by atoms with Gasteiger partial charge in [-0.05, 0) is 25.1 Å². The van der Waals surface area contributed by atoms with Gasteiger partial charge >= 0.3 is 0 Å². The van der Waals surface area contributed by atoms with E-state index in [1.165, 1.54) is 7.05 Å². The number of hydrogen-bond acceptors (Lipinski definition) is 5. The Kier molecular flexibility index (Phi) is 7.55. The molecule has 1 aromatic carbocycles. The number of nitrogens with one attached hydrogen (secondary N) is 3. The van der Waals surface area contributed by atoms with Gasteiger partial charge in [0.2, 0.25) is 10.0 Å². The number of aryl methyl sites for hydroxylation is 1. The fourth-order valence-electron chi connectivity index (χ4n) is 2.36. The van der Waals surface area contributed by atoms with E-state index in [4.69, 9.17) is 0 Å². The molecule has 1 aromatic heterocycles. The maximum Gasteiger partial charge on any atom is 0.215 e. The summed E-state index contributed by atoms with van der Waals surface area (Å²) in [6.45, 7) is 3.30. The second kappa shape index (κ2) is 9.65. The molecule has 142 valence electrons. The molecule has 0 saturated heterocycles. The van der Waals surface area contributed by atoms with E-state index in [2.05, 4.69) is 30.7 Å². The number of aromatic nitrogens is 1. The number of thiazole rings is 1. The van der Waals surface area contributed by atoms with E-state index in [1.54, 1.807) is 24.5 Å². The molecule has 7 nitrogen and oxygen atoms in total. The van der Waals surface area contributed by atoms with E-state index >= 15 is 0 Å². The molecule has 2 rings (SSSR count). The average molecular weight is 396 g/mol. The van der Waals surface area contributed by atoms with Crippen LogP contribution in [-0.4, -0.2) is 40.0 Å². The van der Waals surface area contributed by atoms with Crippen LogP contribution in [0.25, 0.3) is 0 Å². The van der Waals surface area contributed by atoms with Crippen LogP contribution in [0, 0.1) is 6.92 Å². The van der Waals surface area contributed by atoms with E-state index in [9.17, 15) is 8.42 Å². The molecular weight excluding hydrogens is 370 g/mol. The summed E-state index contributed by atoms with van der Waals surface area (Å²) in [4.78, 5) is 8.64. The van der Waals surface area contributed by atoms with Crippen molar-refractivity contribution >= 4 is 27.3 Å². The molecule has 1 heterocycles. The van der Waals surface area contributed by atoms with Gasteiger partial charge in [-0.1, -0.05) is 24.3 Å². The molecule has 0 fully saturated rings. The van der Waals surface area contributed by atoms with Gasteiger partial charge in [0, 0.05) is 31.9 Å². The van der Waals surface area contributed by atoms with Gasteiger partial charge < -0.3 is 10.6 Å². The maximum atomic E-state index is 11.7. The van der Waals surface area contributed by atoms with Crippen LogP contribution in [0.3, 0.4) is 0 Å². The van der Waals surface area contributed by atoms with Crippen LogP contribution in [0.1, 0.15) is 21.8 Å². The Labute approximate surface area is 159 Å². The van der Waals surface area contributed by atoms with Crippen LogP contribution in [0.5, 0.6) is 0 Å². The molecule has 0 saturated carbocycles. The maximum absolute atomic E-state index is 11.7. The molecule has 0 bridgehead atoms. The molecule has 26 heavy (non-hydrogen) atoms. The molecule has 0 unspecified atom stereocenters. The molecule has 0 amide bonds. The third kappa shape index (κ3) is 6.74. The SMILES string of the molecule is CN=C(NCCc1csc(C)n1)NCc1cccc(CS(=O)(=O)NC)c1. The first-order chi connectivity index (χ1) is 12.4. The van der Waals surface area contributed by atoms with Crippen LogP contribution in [-0.2, 0) is 28.7 Å². The number of sulfonamides is 1. The Morgan fingerprint density at radius 1 is 1.27 bits per heavy atom. The third-order valence-electron chi connectivity index (χ3n) is 3.68. The zero-order valence-corrected chi connectivity index (χ0v) is 16.9. The van der Waals surface area contributed by atoms with E-state index in [0.29, 0.717) is 12.5 Å². The minimum absolute atomic E-state index is 0.0304. The highest BCUT2D eigenvalue weighted by molar-refractivity contribution is 7.88. The van der Waals surface area contributed by atoms with Crippen LogP contribution in [0.15, 0.2) is 34.6 Å². The van der Waals surface area contributed by atoms with Gasteiger partial charge in [-0.25, -0.2) is 18.1 Å². The number of guanidine groups is 1. The predicted octanol–water partition coefficient (Wildman–Crippen LogP) is 1.41. The van der Waals surface area contributed by atoms with E-state index in [1.807, 2.05) is 25.1 Å². The fraction of sp³-hybridized carbons (Fsp3) is 0.412. The summed E-state index contributed by atoms with van der Waals surface area (Å²) in [5, 5.41) is 9.63. The van der Waals surface area contributed by atoms with Crippen LogP contribution < -0.4 is 15.4 Å². The highest BCUT2D eigenvalue weighted by Crippen LogP contribution is 2.09. The van der Waals surface area contributed by atoms with Crippen molar-refractivity contribution in [3.63, 3.8) is 0 Å². The predicted molar refractivity (Wildman–Crippen MR) is 107 cm³/mol. The van der Waals surface area contributed by atoms with E-state index in [-0.39, 0.29) is 5.75 Å². The van der Waals surface area contributed by atoms with Crippen LogP contribution >= 0.6 is 11.3 Å². The second-order valence-electron chi connectivity index (χ2n) is 5.74. The topological polar surface area (TPSA) is 95.5 Å². The summed E-state index contributed by atoms with van der Waals surface area (Å²) in [5.41, 5.74) is 2.82. The van der Waals surface area contributed by atoms with Gasteiger partial charge in [0.15, 0.2) is 5.96 Å². The highest BCUT2D eigenvalue weighted by Gasteiger charge is 2.09. The average Bonchev–Trinajstić information content (AvgIpc) is 3.03. The van der Waals surface area contributed by atoms with Crippen molar-refractivity contribution in [3.8, 4) is 0 Å². The van der Waals surface area contributed by atoms with Gasteiger partial charge in [-0.2, -0.15) is 0 Å². The molecular formula is C17H25N5O2S2. The van der Waals surface area contributed by atoms with Crippen molar-refractivity contribution in [3.05, 3.63) is 51.5 Å². The van der Waals surface area contributed by atoms with Crippen molar-refractivity contribution in [2.75, 3.05) is 20.6 Å². The normalized spacial score (nSPS) is 12.2. The minimum Gasteiger partial charge on any atom is -0.356 e.